The molecule has 0 spiro atoms. The largest absolute Gasteiger partial charge is 0.490 e. The van der Waals surface area contributed by atoms with Gasteiger partial charge in [0, 0.05) is 19.7 Å². The Kier molecular flexibility index (Phi) is 4.82. The Hall–Kier alpha value is -2.15. The van der Waals surface area contributed by atoms with E-state index in [1.807, 2.05) is 0 Å². The molecule has 104 valence electrons. The Morgan fingerprint density at radius 1 is 1.58 bits per heavy atom. The fourth-order valence-electron chi connectivity index (χ4n) is 1.74. The Morgan fingerprint density at radius 2 is 2.21 bits per heavy atom. The van der Waals surface area contributed by atoms with E-state index in [2.05, 4.69) is 0 Å². The van der Waals surface area contributed by atoms with Crippen molar-refractivity contribution in [1.82, 2.24) is 4.90 Å². The Balaban J connectivity index is 3.16. The summed E-state index contributed by atoms with van der Waals surface area (Å²) in [7, 11) is 2.78. The van der Waals surface area contributed by atoms with E-state index in [9.17, 15) is 20.0 Å². The summed E-state index contributed by atoms with van der Waals surface area (Å²) in [4.78, 5) is 23.7. The molecule has 1 aromatic carbocycles. The lowest BCUT2D eigenvalue weighted by Gasteiger charge is -2.19. The van der Waals surface area contributed by atoms with Crippen molar-refractivity contribution in [3.63, 3.8) is 0 Å². The van der Waals surface area contributed by atoms with Gasteiger partial charge in [-0.25, -0.2) is 0 Å². The number of amides is 1. The van der Waals surface area contributed by atoms with Crippen molar-refractivity contribution in [3.8, 4) is 5.75 Å². The zero-order valence-corrected chi connectivity index (χ0v) is 11.0. The standard InChI is InChI=1S/C12H16N2O5/c1-8(15)7-13(2)12(16)9-5-4-6-10(14(17)18)11(9)19-3/h4-6,8,15H,7H2,1-3H3. The molecule has 0 bridgehead atoms. The van der Waals surface area contributed by atoms with Crippen LogP contribution in [0.3, 0.4) is 0 Å². The number of nitro benzene ring substituents is 1. The molecule has 0 radical (unpaired) electrons. The molecule has 0 aliphatic carbocycles. The molecule has 1 rings (SSSR count). The van der Waals surface area contributed by atoms with E-state index < -0.39 is 16.9 Å². The number of aliphatic hydroxyl groups is 1. The highest BCUT2D eigenvalue weighted by Gasteiger charge is 2.24. The van der Waals surface area contributed by atoms with Crippen LogP contribution in [0.2, 0.25) is 0 Å². The van der Waals surface area contributed by atoms with Gasteiger partial charge >= 0.3 is 5.69 Å². The number of hydrogen-bond donors (Lipinski definition) is 1. The number of methoxy groups -OCH3 is 1. The number of carbonyl (C=O) groups is 1. The van der Waals surface area contributed by atoms with Crippen molar-refractivity contribution in [2.24, 2.45) is 0 Å². The molecule has 7 heteroatoms. The maximum absolute atomic E-state index is 12.1. The minimum absolute atomic E-state index is 0.0741. The summed E-state index contributed by atoms with van der Waals surface area (Å²) in [6, 6.07) is 4.14. The minimum atomic E-state index is -0.682. The van der Waals surface area contributed by atoms with E-state index in [4.69, 9.17) is 4.74 Å². The highest BCUT2D eigenvalue weighted by Crippen LogP contribution is 2.31. The van der Waals surface area contributed by atoms with Crippen molar-refractivity contribution in [2.75, 3.05) is 20.7 Å². The molecule has 1 aromatic rings. The second kappa shape index (κ2) is 6.14. The van der Waals surface area contributed by atoms with Gasteiger partial charge in [-0.2, -0.15) is 0 Å². The van der Waals surface area contributed by atoms with E-state index in [1.54, 1.807) is 6.92 Å². The lowest BCUT2D eigenvalue weighted by Crippen LogP contribution is -2.33. The number of rotatable bonds is 5. The summed E-state index contributed by atoms with van der Waals surface area (Å²) in [5.41, 5.74) is -0.168. The zero-order chi connectivity index (χ0) is 14.6. The highest BCUT2D eigenvalue weighted by atomic mass is 16.6. The fraction of sp³-hybridized carbons (Fsp3) is 0.417. The van der Waals surface area contributed by atoms with Crippen molar-refractivity contribution < 1.29 is 19.6 Å². The third-order valence-corrected chi connectivity index (χ3v) is 2.51. The zero-order valence-electron chi connectivity index (χ0n) is 11.0. The predicted octanol–water partition coefficient (Wildman–Crippen LogP) is 1.06. The summed E-state index contributed by atoms with van der Waals surface area (Å²) >= 11 is 0. The molecule has 0 heterocycles. The lowest BCUT2D eigenvalue weighted by molar-refractivity contribution is -0.385. The van der Waals surface area contributed by atoms with Gasteiger partial charge in [0.15, 0.2) is 0 Å². The molecule has 1 N–H and O–H groups in total. The highest BCUT2D eigenvalue weighted by molar-refractivity contribution is 5.98. The number of nitro groups is 1. The van der Waals surface area contributed by atoms with Crippen molar-refractivity contribution in [3.05, 3.63) is 33.9 Å². The quantitative estimate of drug-likeness (QED) is 0.636. The molecule has 7 nitrogen and oxygen atoms in total. The molecule has 1 unspecified atom stereocenters. The molecule has 0 saturated carbocycles. The molecule has 19 heavy (non-hydrogen) atoms. The molecule has 1 amide bonds. The summed E-state index contributed by atoms with van der Waals surface area (Å²) < 4.78 is 4.96. The fourth-order valence-corrected chi connectivity index (χ4v) is 1.74. The Bertz CT molecular complexity index is 487. The molecule has 0 aromatic heterocycles. The van der Waals surface area contributed by atoms with Gasteiger partial charge in [-0.15, -0.1) is 0 Å². The van der Waals surface area contributed by atoms with Gasteiger partial charge in [-0.1, -0.05) is 6.07 Å². The monoisotopic (exact) mass is 268 g/mol. The first-order valence-corrected chi connectivity index (χ1v) is 5.63. The smallest absolute Gasteiger partial charge is 0.311 e. The average molecular weight is 268 g/mol. The topological polar surface area (TPSA) is 92.9 Å². The average Bonchev–Trinajstić information content (AvgIpc) is 2.35. The van der Waals surface area contributed by atoms with Crippen LogP contribution < -0.4 is 4.74 Å². The summed E-state index contributed by atoms with van der Waals surface area (Å²) in [6.07, 6.45) is -0.682. The first kappa shape index (κ1) is 14.9. The first-order valence-electron chi connectivity index (χ1n) is 5.63. The molecule has 0 saturated heterocycles. The molecule has 0 aliphatic heterocycles. The van der Waals surface area contributed by atoms with Crippen molar-refractivity contribution in [2.45, 2.75) is 13.0 Å². The summed E-state index contributed by atoms with van der Waals surface area (Å²) in [6.45, 7) is 1.68. The third kappa shape index (κ3) is 3.41. The van der Waals surface area contributed by atoms with Crippen molar-refractivity contribution in [1.29, 1.82) is 0 Å². The van der Waals surface area contributed by atoms with Gasteiger partial charge in [0.05, 0.1) is 23.7 Å². The van der Waals surface area contributed by atoms with Crippen LogP contribution in [0.1, 0.15) is 17.3 Å². The van der Waals surface area contributed by atoms with Gasteiger partial charge in [0.1, 0.15) is 0 Å². The van der Waals surface area contributed by atoms with Crippen LogP contribution in [0.5, 0.6) is 5.75 Å². The molecular formula is C12H16N2O5. The van der Waals surface area contributed by atoms with E-state index in [1.165, 1.54) is 37.3 Å². The van der Waals surface area contributed by atoms with E-state index >= 15 is 0 Å². The predicted molar refractivity (Wildman–Crippen MR) is 68.3 cm³/mol. The summed E-state index contributed by atoms with van der Waals surface area (Å²) in [5.74, 6) is -0.517. The molecular weight excluding hydrogens is 252 g/mol. The van der Waals surface area contributed by atoms with Crippen molar-refractivity contribution >= 4 is 11.6 Å². The van der Waals surface area contributed by atoms with Gasteiger partial charge in [-0.3, -0.25) is 14.9 Å². The Morgan fingerprint density at radius 3 is 2.68 bits per heavy atom. The van der Waals surface area contributed by atoms with Crippen LogP contribution in [0, 0.1) is 10.1 Å². The van der Waals surface area contributed by atoms with Crippen LogP contribution in [-0.4, -0.2) is 47.6 Å². The second-order valence-electron chi connectivity index (χ2n) is 4.15. The number of ether oxygens (including phenoxy) is 1. The third-order valence-electron chi connectivity index (χ3n) is 2.51. The van der Waals surface area contributed by atoms with Crippen LogP contribution in [-0.2, 0) is 0 Å². The number of hydrogen-bond acceptors (Lipinski definition) is 5. The normalized spacial score (nSPS) is 11.8. The van der Waals surface area contributed by atoms with Crippen LogP contribution in [0.4, 0.5) is 5.69 Å². The number of aliphatic hydroxyl groups excluding tert-OH is 1. The minimum Gasteiger partial charge on any atom is -0.490 e. The molecule has 0 aliphatic rings. The van der Waals surface area contributed by atoms with Gasteiger partial charge in [-0.05, 0) is 13.0 Å². The maximum Gasteiger partial charge on any atom is 0.311 e. The number of nitrogens with zero attached hydrogens (tertiary/aromatic N) is 2. The van der Waals surface area contributed by atoms with Gasteiger partial charge in [0.25, 0.3) is 5.91 Å². The second-order valence-corrected chi connectivity index (χ2v) is 4.15. The number of benzene rings is 1. The van der Waals surface area contributed by atoms with Crippen LogP contribution >= 0.6 is 0 Å². The maximum atomic E-state index is 12.1. The van der Waals surface area contributed by atoms with E-state index in [0.29, 0.717) is 0 Å². The number of para-hydroxylation sites is 1. The number of likely N-dealkylation sites (N-methyl/N-ethyl adjacent to an activating group) is 1. The number of carbonyl (C=O) groups excluding carboxylic acids is 1. The Labute approximate surface area is 110 Å². The molecule has 0 fully saturated rings. The van der Waals surface area contributed by atoms with Gasteiger partial charge < -0.3 is 14.7 Å². The van der Waals surface area contributed by atoms with E-state index in [0.717, 1.165) is 0 Å². The van der Waals surface area contributed by atoms with Crippen LogP contribution in [0.15, 0.2) is 18.2 Å². The first-order chi connectivity index (χ1) is 8.88. The SMILES string of the molecule is COc1c(C(=O)N(C)CC(C)O)cccc1[N+](=O)[O-]. The molecule has 1 atom stereocenters. The lowest BCUT2D eigenvalue weighted by atomic mass is 10.1. The summed E-state index contributed by atoms with van der Waals surface area (Å²) in [5, 5.41) is 20.1. The van der Waals surface area contributed by atoms with E-state index in [-0.39, 0.29) is 23.5 Å². The van der Waals surface area contributed by atoms with Crippen LogP contribution in [0.25, 0.3) is 0 Å². The van der Waals surface area contributed by atoms with Gasteiger partial charge in [0.2, 0.25) is 5.75 Å².